The summed E-state index contributed by atoms with van der Waals surface area (Å²) in [6, 6.07) is 0. The van der Waals surface area contributed by atoms with E-state index >= 15 is 0 Å². The molecule has 1 heteroatoms. The van der Waals surface area contributed by atoms with Gasteiger partial charge in [-0.25, -0.2) is 0 Å². The van der Waals surface area contributed by atoms with E-state index < -0.39 is 0 Å². The van der Waals surface area contributed by atoms with Crippen molar-refractivity contribution in [3.05, 3.63) is 11.5 Å². The van der Waals surface area contributed by atoms with E-state index in [1.54, 1.807) is 0 Å². The monoisotopic (exact) mass is 94.1 g/mol. The maximum atomic E-state index is 5.35. The fourth-order valence-corrected chi connectivity index (χ4v) is 0.526. The highest BCUT2D eigenvalue weighted by Gasteiger charge is 1.82. The largest absolute Gasteiger partial charge is 0.124 e. The van der Waals surface area contributed by atoms with Gasteiger partial charge in [0.15, 0.2) is 0 Å². The Bertz CT molecular complexity index is 68.2. The molecular formula is C6H11B. The molecule has 0 unspecified atom stereocenters. The maximum Gasteiger partial charge on any atom is 0.106 e. The Kier molecular flexibility index (Phi) is 2.81. The third-order valence-corrected chi connectivity index (χ3v) is 0.596. The van der Waals surface area contributed by atoms with Crippen molar-refractivity contribution in [1.29, 1.82) is 0 Å². The highest BCUT2D eigenvalue weighted by molar-refractivity contribution is 6.21. The Morgan fingerprint density at radius 2 is 2.00 bits per heavy atom. The first-order chi connectivity index (χ1) is 3.13. The highest BCUT2D eigenvalue weighted by atomic mass is 13.9. The lowest BCUT2D eigenvalue weighted by atomic mass is 9.94. The van der Waals surface area contributed by atoms with E-state index in [2.05, 4.69) is 13.8 Å². The molecule has 0 fully saturated rings. The fourth-order valence-electron chi connectivity index (χ4n) is 0.526. The summed E-state index contributed by atoms with van der Waals surface area (Å²) in [5.74, 6) is 0.588. The van der Waals surface area contributed by atoms with Gasteiger partial charge in [0.25, 0.3) is 0 Å². The summed E-state index contributed by atoms with van der Waals surface area (Å²) in [7, 11) is 5.35. The van der Waals surface area contributed by atoms with Gasteiger partial charge in [0.05, 0.1) is 0 Å². The lowest BCUT2D eigenvalue weighted by molar-refractivity contribution is 0.828. The van der Waals surface area contributed by atoms with Gasteiger partial charge in [-0.15, -0.1) is 5.47 Å². The summed E-state index contributed by atoms with van der Waals surface area (Å²) < 4.78 is 0. The highest BCUT2D eigenvalue weighted by Crippen LogP contribution is 1.95. The Morgan fingerprint density at radius 3 is 2.00 bits per heavy atom. The Hall–Kier alpha value is -0.195. The molecule has 0 atom stereocenters. The van der Waals surface area contributed by atoms with Gasteiger partial charge in [0.1, 0.15) is 7.85 Å². The topological polar surface area (TPSA) is 0 Å². The molecule has 0 rings (SSSR count). The van der Waals surface area contributed by atoms with Crippen molar-refractivity contribution in [2.24, 2.45) is 5.92 Å². The van der Waals surface area contributed by atoms with Crippen LogP contribution < -0.4 is 0 Å². The summed E-state index contributed by atoms with van der Waals surface area (Å²) in [6.07, 6.45) is 2.03. The number of allylic oxidation sites excluding steroid dienone is 2. The first-order valence-electron chi connectivity index (χ1n) is 2.57. The fraction of sp³-hybridized carbons (Fsp3) is 0.667. The summed E-state index contributed by atoms with van der Waals surface area (Å²) in [5, 5.41) is 0. The standard InChI is InChI=1S/C6H11B/c1-5(2)4-6(3)7/h4-5H,1-3H3. The van der Waals surface area contributed by atoms with Crippen LogP contribution in [-0.2, 0) is 0 Å². The minimum atomic E-state index is 0.588. The van der Waals surface area contributed by atoms with Crippen molar-refractivity contribution >= 4 is 7.85 Å². The van der Waals surface area contributed by atoms with Crippen molar-refractivity contribution in [3.8, 4) is 0 Å². The molecule has 38 valence electrons. The number of hydrogen-bond donors (Lipinski definition) is 0. The minimum absolute atomic E-state index is 0.588. The van der Waals surface area contributed by atoms with Crippen LogP contribution in [0.1, 0.15) is 20.8 Å². The zero-order valence-corrected chi connectivity index (χ0v) is 5.23. The summed E-state index contributed by atoms with van der Waals surface area (Å²) in [5.41, 5.74) is 0.912. The molecule has 0 heterocycles. The smallest absolute Gasteiger partial charge is 0.106 e. The molecule has 0 bridgehead atoms. The predicted octanol–water partition coefficient (Wildman–Crippen LogP) is 1.71. The zero-order chi connectivity index (χ0) is 5.86. The summed E-state index contributed by atoms with van der Waals surface area (Å²) >= 11 is 0. The van der Waals surface area contributed by atoms with E-state index in [1.807, 2.05) is 13.0 Å². The molecule has 2 radical (unpaired) electrons. The van der Waals surface area contributed by atoms with E-state index in [-0.39, 0.29) is 0 Å². The molecule has 7 heavy (non-hydrogen) atoms. The molecule has 0 aromatic heterocycles. The van der Waals surface area contributed by atoms with Crippen molar-refractivity contribution in [2.75, 3.05) is 0 Å². The lowest BCUT2D eigenvalue weighted by Crippen LogP contribution is -1.80. The van der Waals surface area contributed by atoms with E-state index in [1.165, 1.54) is 0 Å². The molecule has 0 aromatic rings. The minimum Gasteiger partial charge on any atom is -0.124 e. The molecule has 0 spiro atoms. The van der Waals surface area contributed by atoms with Gasteiger partial charge >= 0.3 is 0 Å². The zero-order valence-electron chi connectivity index (χ0n) is 5.23. The summed E-state index contributed by atoms with van der Waals surface area (Å²) in [4.78, 5) is 0. The first kappa shape index (κ1) is 6.80. The Balaban J connectivity index is 3.45. The molecule has 0 aliphatic carbocycles. The van der Waals surface area contributed by atoms with Crippen LogP contribution in [0.15, 0.2) is 11.5 Å². The average molecular weight is 94.0 g/mol. The number of hydrogen-bond acceptors (Lipinski definition) is 0. The van der Waals surface area contributed by atoms with E-state index in [9.17, 15) is 0 Å². The predicted molar refractivity (Wildman–Crippen MR) is 34.3 cm³/mol. The molecule has 0 aliphatic heterocycles. The van der Waals surface area contributed by atoms with Crippen molar-refractivity contribution < 1.29 is 0 Å². The van der Waals surface area contributed by atoms with Gasteiger partial charge in [-0.1, -0.05) is 26.8 Å². The maximum absolute atomic E-state index is 5.35. The van der Waals surface area contributed by atoms with E-state index in [0.29, 0.717) is 5.92 Å². The molecule has 0 aromatic carbocycles. The van der Waals surface area contributed by atoms with Crippen LogP contribution in [0.5, 0.6) is 0 Å². The van der Waals surface area contributed by atoms with Gasteiger partial charge < -0.3 is 0 Å². The first-order valence-corrected chi connectivity index (χ1v) is 2.57. The third-order valence-electron chi connectivity index (χ3n) is 0.596. The quantitative estimate of drug-likeness (QED) is 0.434. The summed E-state index contributed by atoms with van der Waals surface area (Å²) in [6.45, 7) is 6.12. The van der Waals surface area contributed by atoms with Gasteiger partial charge in [-0.05, 0) is 5.92 Å². The van der Waals surface area contributed by atoms with Gasteiger partial charge in [-0.3, -0.25) is 0 Å². The Morgan fingerprint density at radius 1 is 1.57 bits per heavy atom. The van der Waals surface area contributed by atoms with Crippen LogP contribution in [0.2, 0.25) is 0 Å². The second-order valence-electron chi connectivity index (χ2n) is 2.15. The molecule has 0 saturated carbocycles. The van der Waals surface area contributed by atoms with Crippen LogP contribution in [-0.4, -0.2) is 7.85 Å². The average Bonchev–Trinajstić information content (AvgIpc) is 1.27. The third kappa shape index (κ3) is 5.80. The van der Waals surface area contributed by atoms with Crippen molar-refractivity contribution in [2.45, 2.75) is 20.8 Å². The SMILES string of the molecule is [B]C(C)=CC(C)C. The van der Waals surface area contributed by atoms with Gasteiger partial charge in [-0.2, -0.15) is 0 Å². The van der Waals surface area contributed by atoms with Crippen LogP contribution in [0.4, 0.5) is 0 Å². The second-order valence-corrected chi connectivity index (χ2v) is 2.15. The van der Waals surface area contributed by atoms with Gasteiger partial charge in [0, 0.05) is 0 Å². The van der Waals surface area contributed by atoms with Crippen molar-refractivity contribution in [3.63, 3.8) is 0 Å². The molecule has 0 aliphatic rings. The van der Waals surface area contributed by atoms with E-state index in [0.717, 1.165) is 5.47 Å². The van der Waals surface area contributed by atoms with Crippen LogP contribution in [0, 0.1) is 5.92 Å². The van der Waals surface area contributed by atoms with Crippen molar-refractivity contribution in [1.82, 2.24) is 0 Å². The molecule has 0 saturated heterocycles. The molecule has 0 N–H and O–H groups in total. The molecule has 0 amide bonds. The van der Waals surface area contributed by atoms with Crippen LogP contribution in [0.3, 0.4) is 0 Å². The molecular weight excluding hydrogens is 82.9 g/mol. The number of rotatable bonds is 1. The normalized spacial score (nSPS) is 12.9. The van der Waals surface area contributed by atoms with Crippen LogP contribution >= 0.6 is 0 Å². The second kappa shape index (κ2) is 2.89. The van der Waals surface area contributed by atoms with Gasteiger partial charge in [0.2, 0.25) is 0 Å². The van der Waals surface area contributed by atoms with Crippen LogP contribution in [0.25, 0.3) is 0 Å². The lowest BCUT2D eigenvalue weighted by Gasteiger charge is -1.93. The molecule has 0 nitrogen and oxygen atoms in total. The Labute approximate surface area is 47.0 Å². The van der Waals surface area contributed by atoms with E-state index in [4.69, 9.17) is 7.85 Å².